The van der Waals surface area contributed by atoms with E-state index in [0.29, 0.717) is 6.04 Å². The zero-order valence-corrected chi connectivity index (χ0v) is 9.54. The van der Waals surface area contributed by atoms with Crippen LogP contribution < -0.4 is 0 Å². The highest BCUT2D eigenvalue weighted by Crippen LogP contribution is 2.35. The molecule has 13 heavy (non-hydrogen) atoms. The van der Waals surface area contributed by atoms with E-state index >= 15 is 0 Å². The Labute approximate surface area is 87.0 Å². The fourth-order valence-corrected chi connectivity index (χ4v) is 2.12. The summed E-state index contributed by atoms with van der Waals surface area (Å²) >= 11 is 3.48. The van der Waals surface area contributed by atoms with E-state index in [2.05, 4.69) is 34.8 Å². The van der Waals surface area contributed by atoms with Crippen molar-refractivity contribution in [1.82, 2.24) is 4.90 Å². The molecule has 1 saturated carbocycles. The molecular formula is C10H14BrNO. The third-order valence-corrected chi connectivity index (χ3v) is 3.41. The van der Waals surface area contributed by atoms with Gasteiger partial charge in [0.15, 0.2) is 0 Å². The highest BCUT2D eigenvalue weighted by Gasteiger charge is 2.31. The highest BCUT2D eigenvalue weighted by molar-refractivity contribution is 9.10. The molecule has 1 fully saturated rings. The zero-order chi connectivity index (χ0) is 9.42. The van der Waals surface area contributed by atoms with E-state index in [4.69, 9.17) is 4.42 Å². The molecule has 0 radical (unpaired) electrons. The lowest BCUT2D eigenvalue weighted by Gasteiger charge is -2.22. The summed E-state index contributed by atoms with van der Waals surface area (Å²) in [6.45, 7) is 2.18. The summed E-state index contributed by atoms with van der Waals surface area (Å²) < 4.78 is 6.51. The lowest BCUT2D eigenvalue weighted by molar-refractivity contribution is 0.221. The van der Waals surface area contributed by atoms with Crippen molar-refractivity contribution in [3.05, 3.63) is 22.6 Å². The van der Waals surface area contributed by atoms with Gasteiger partial charge in [-0.15, -0.1) is 0 Å². The van der Waals surface area contributed by atoms with Crippen LogP contribution in [0.1, 0.15) is 31.6 Å². The molecule has 0 bridgehead atoms. The average molecular weight is 244 g/mol. The van der Waals surface area contributed by atoms with Gasteiger partial charge in [0, 0.05) is 6.04 Å². The van der Waals surface area contributed by atoms with Gasteiger partial charge in [-0.2, -0.15) is 0 Å². The van der Waals surface area contributed by atoms with Gasteiger partial charge in [-0.1, -0.05) is 0 Å². The van der Waals surface area contributed by atoms with Gasteiger partial charge >= 0.3 is 0 Å². The summed E-state index contributed by atoms with van der Waals surface area (Å²) in [7, 11) is 2.16. The van der Waals surface area contributed by atoms with Gasteiger partial charge in [-0.3, -0.25) is 4.90 Å². The van der Waals surface area contributed by atoms with Crippen LogP contribution in [0.4, 0.5) is 0 Å². The molecule has 2 rings (SSSR count). The zero-order valence-electron chi connectivity index (χ0n) is 7.96. The molecule has 0 aromatic carbocycles. The lowest BCUT2D eigenvalue weighted by Crippen LogP contribution is -2.24. The largest absolute Gasteiger partial charge is 0.466 e. The van der Waals surface area contributed by atoms with Gasteiger partial charge in [0.05, 0.1) is 16.8 Å². The normalized spacial score (nSPS) is 19.4. The minimum Gasteiger partial charge on any atom is -0.466 e. The first kappa shape index (κ1) is 9.28. The smallest absolute Gasteiger partial charge is 0.134 e. The molecule has 0 amide bonds. The number of hydrogen-bond donors (Lipinski definition) is 0. The van der Waals surface area contributed by atoms with Crippen molar-refractivity contribution in [1.29, 1.82) is 0 Å². The number of nitrogens with zero attached hydrogens (tertiary/aromatic N) is 1. The summed E-state index contributed by atoms with van der Waals surface area (Å²) in [6.07, 6.45) is 4.40. The summed E-state index contributed by atoms with van der Waals surface area (Å²) in [5.74, 6) is 1.04. The molecule has 0 spiro atoms. The molecule has 1 aromatic rings. The Kier molecular flexibility index (Phi) is 2.47. The minimum atomic E-state index is 0.372. The maximum absolute atomic E-state index is 5.44. The van der Waals surface area contributed by atoms with Gasteiger partial charge in [0.1, 0.15) is 5.76 Å². The summed E-state index contributed by atoms with van der Waals surface area (Å²) in [5.41, 5.74) is 0. The molecular weight excluding hydrogens is 230 g/mol. The minimum absolute atomic E-state index is 0.372. The Morgan fingerprint density at radius 2 is 2.31 bits per heavy atom. The molecule has 1 aliphatic rings. The molecule has 1 aromatic heterocycles. The Morgan fingerprint density at radius 1 is 1.62 bits per heavy atom. The van der Waals surface area contributed by atoms with Gasteiger partial charge in [0.25, 0.3) is 0 Å². The van der Waals surface area contributed by atoms with Gasteiger partial charge in [-0.05, 0) is 48.8 Å². The van der Waals surface area contributed by atoms with Crippen molar-refractivity contribution in [2.24, 2.45) is 0 Å². The standard InChI is InChI=1S/C10H14BrNO/c1-7(12(2)8-3-4-8)10-9(11)5-6-13-10/h5-8H,3-4H2,1-2H3. The first-order chi connectivity index (χ1) is 6.20. The summed E-state index contributed by atoms with van der Waals surface area (Å²) in [5, 5.41) is 0. The van der Waals surface area contributed by atoms with Crippen molar-refractivity contribution in [2.45, 2.75) is 31.8 Å². The van der Waals surface area contributed by atoms with Crippen molar-refractivity contribution in [3.8, 4) is 0 Å². The molecule has 2 nitrogen and oxygen atoms in total. The second-order valence-electron chi connectivity index (χ2n) is 3.71. The molecule has 1 unspecified atom stereocenters. The van der Waals surface area contributed by atoms with Crippen LogP contribution in [0, 0.1) is 0 Å². The second-order valence-corrected chi connectivity index (χ2v) is 4.56. The molecule has 1 atom stereocenters. The SMILES string of the molecule is CC(c1occc1Br)N(C)C1CC1. The number of halogens is 1. The van der Waals surface area contributed by atoms with Crippen LogP contribution in [-0.2, 0) is 0 Å². The fourth-order valence-electron chi connectivity index (χ4n) is 1.59. The lowest BCUT2D eigenvalue weighted by atomic mass is 10.2. The Morgan fingerprint density at radius 3 is 2.77 bits per heavy atom. The van der Waals surface area contributed by atoms with Gasteiger partial charge < -0.3 is 4.42 Å². The number of furan rings is 1. The first-order valence-electron chi connectivity index (χ1n) is 4.65. The van der Waals surface area contributed by atoms with Crippen LogP contribution in [0.3, 0.4) is 0 Å². The van der Waals surface area contributed by atoms with Crippen LogP contribution in [0.15, 0.2) is 21.2 Å². The van der Waals surface area contributed by atoms with Crippen molar-refractivity contribution in [3.63, 3.8) is 0 Å². The summed E-state index contributed by atoms with van der Waals surface area (Å²) in [4.78, 5) is 2.38. The van der Waals surface area contributed by atoms with E-state index in [1.165, 1.54) is 12.8 Å². The van der Waals surface area contributed by atoms with Crippen molar-refractivity contribution >= 4 is 15.9 Å². The molecule has 3 heteroatoms. The maximum atomic E-state index is 5.44. The number of hydrogen-bond acceptors (Lipinski definition) is 2. The van der Waals surface area contributed by atoms with E-state index in [1.54, 1.807) is 6.26 Å². The van der Waals surface area contributed by atoms with Crippen LogP contribution in [0.2, 0.25) is 0 Å². The van der Waals surface area contributed by atoms with Crippen molar-refractivity contribution in [2.75, 3.05) is 7.05 Å². The van der Waals surface area contributed by atoms with Crippen molar-refractivity contribution < 1.29 is 4.42 Å². The van der Waals surface area contributed by atoms with Gasteiger partial charge in [0.2, 0.25) is 0 Å². The second kappa shape index (κ2) is 3.46. The molecule has 1 heterocycles. The molecule has 1 aliphatic carbocycles. The van der Waals surface area contributed by atoms with E-state index in [9.17, 15) is 0 Å². The summed E-state index contributed by atoms with van der Waals surface area (Å²) in [6, 6.07) is 3.09. The predicted molar refractivity (Wildman–Crippen MR) is 55.6 cm³/mol. The number of rotatable bonds is 3. The predicted octanol–water partition coefficient (Wildman–Crippen LogP) is 3.20. The highest BCUT2D eigenvalue weighted by atomic mass is 79.9. The third-order valence-electron chi connectivity index (χ3n) is 2.76. The van der Waals surface area contributed by atoms with Crippen LogP contribution >= 0.6 is 15.9 Å². The van der Waals surface area contributed by atoms with Crippen LogP contribution in [0.25, 0.3) is 0 Å². The van der Waals surface area contributed by atoms with E-state index in [0.717, 1.165) is 16.3 Å². The molecule has 0 saturated heterocycles. The van der Waals surface area contributed by atoms with Crippen LogP contribution in [-0.4, -0.2) is 18.0 Å². The van der Waals surface area contributed by atoms with E-state index in [-0.39, 0.29) is 0 Å². The Hall–Kier alpha value is -0.280. The maximum Gasteiger partial charge on any atom is 0.134 e. The first-order valence-corrected chi connectivity index (χ1v) is 5.44. The average Bonchev–Trinajstić information content (AvgIpc) is 2.87. The van der Waals surface area contributed by atoms with Crippen LogP contribution in [0.5, 0.6) is 0 Å². The Bertz CT molecular complexity index is 293. The Balaban J connectivity index is 2.11. The molecule has 0 N–H and O–H groups in total. The van der Waals surface area contributed by atoms with E-state index < -0.39 is 0 Å². The monoisotopic (exact) mass is 243 g/mol. The third kappa shape index (κ3) is 1.81. The topological polar surface area (TPSA) is 16.4 Å². The molecule has 72 valence electrons. The molecule has 0 aliphatic heterocycles. The fraction of sp³-hybridized carbons (Fsp3) is 0.600. The van der Waals surface area contributed by atoms with Gasteiger partial charge in [-0.25, -0.2) is 0 Å². The van der Waals surface area contributed by atoms with E-state index in [1.807, 2.05) is 6.07 Å². The quantitative estimate of drug-likeness (QED) is 0.811.